The first-order valence-electron chi connectivity index (χ1n) is 20.4. The van der Waals surface area contributed by atoms with Crippen LogP contribution in [0.1, 0.15) is 58.1 Å². The van der Waals surface area contributed by atoms with Gasteiger partial charge in [0.05, 0.1) is 0 Å². The number of carbonyl (C=O) groups excluding carboxylic acids is 3. The Hall–Kier alpha value is -5.48. The van der Waals surface area contributed by atoms with Gasteiger partial charge < -0.3 is 4.74 Å². The van der Waals surface area contributed by atoms with Crippen LogP contribution in [-0.2, 0) is 53.2 Å². The molecule has 368 valence electrons. The number of carbonyl (C=O) groups is 3. The molecule has 8 atom stereocenters. The SMILES string of the molecule is CC(C)(C)OC(=O)N[C@@H](CCCNC(=O)OCc1ccccc1)C(=O)O[C@H]1[C@@H](O)[C@H](n2cnc3c(N)ncnc32)O[C@@H]1CO[PH](O)(O)O[C@H]1C[C@H](n2ccc(N)nc2=O)O[C@@H]1COP(=O)(O)O. The number of aliphatic hydroxyl groups is 1. The third kappa shape index (κ3) is 14.3. The van der Waals surface area contributed by atoms with E-state index in [4.69, 9.17) is 44.2 Å². The van der Waals surface area contributed by atoms with Crippen molar-refractivity contribution in [1.82, 2.24) is 39.7 Å². The van der Waals surface area contributed by atoms with E-state index >= 15 is 0 Å². The molecule has 2 aliphatic heterocycles. The van der Waals surface area contributed by atoms with E-state index in [1.807, 2.05) is 6.07 Å². The number of alkyl carbamates (subject to hydrolysis) is 2. The van der Waals surface area contributed by atoms with Gasteiger partial charge >= 0.3 is 329 Å². The van der Waals surface area contributed by atoms with Crippen LogP contribution in [0.25, 0.3) is 11.2 Å². The third-order valence-corrected chi connectivity index (χ3v) is 11.5. The minimum absolute atomic E-state index is 0.00617. The van der Waals surface area contributed by atoms with Crippen molar-refractivity contribution in [2.24, 2.45) is 0 Å². The summed E-state index contributed by atoms with van der Waals surface area (Å²) in [5.74, 6) is -1.23. The van der Waals surface area contributed by atoms with Crippen molar-refractivity contribution in [3.8, 4) is 0 Å². The van der Waals surface area contributed by atoms with Gasteiger partial charge in [-0.05, 0) is 5.56 Å². The quantitative estimate of drug-likeness (QED) is 0.0262. The minimum atomic E-state index is -5.39. The summed E-state index contributed by atoms with van der Waals surface area (Å²) in [4.78, 5) is 109. The summed E-state index contributed by atoms with van der Waals surface area (Å²) in [5.41, 5.74) is 10.7. The number of fused-ring (bicyclic) bond motifs is 1. The second kappa shape index (κ2) is 21.6. The Morgan fingerprint density at radius 1 is 1.01 bits per heavy atom. The Morgan fingerprint density at radius 2 is 1.76 bits per heavy atom. The predicted molar refractivity (Wildman–Crippen MR) is 230 cm³/mol. The molecule has 6 rings (SSSR count). The van der Waals surface area contributed by atoms with Gasteiger partial charge in [-0.15, -0.1) is 0 Å². The molecule has 4 aromatic rings. The standard InChI is InChI=1S/C37H52N10O18P2/c1-37(2,3)64-36(52)44-21(10-7-12-40-35(51)58-15-20-8-5-4-6-9-20)33(49)63-29-24(62-32(28(29)48)47-19-43-27-30(39)41-18-42-31(27)47)17-60-67(56,57)65-22-14-26(46-13-11-25(38)45-34(46)50)61-23(22)16-59-66(53,54)55/h4-6,8-9,11,13,18-19,21-24,26,28-29,32,48,56-57,67H,7,10,12,14-17H2,1-3H3,(H,40,51)(H,44,52)(H2,38,45,50)(H2,39,41,42)(H2,53,54,55)/t21-,22-,23+,24+,26+,28+,29+,32+/m0/s1. The van der Waals surface area contributed by atoms with Gasteiger partial charge in [-0.25, -0.2) is 4.79 Å². The molecular weight excluding hydrogens is 934 g/mol. The zero-order valence-electron chi connectivity index (χ0n) is 36.1. The Labute approximate surface area is 380 Å². The molecule has 30 heteroatoms. The molecule has 2 fully saturated rings. The second-order valence-corrected chi connectivity index (χ2v) is 18.9. The van der Waals surface area contributed by atoms with Crippen LogP contribution in [-0.4, -0.2) is 134 Å². The summed E-state index contributed by atoms with van der Waals surface area (Å²) in [6, 6.07) is 8.77. The molecule has 0 aliphatic carbocycles. The molecule has 3 aromatic heterocycles. The number of ether oxygens (including phenoxy) is 5. The topological polar surface area (TPSA) is 398 Å². The maximum atomic E-state index is 14.0. The number of benzene rings is 1. The average molecular weight is 987 g/mol. The number of anilines is 2. The summed E-state index contributed by atoms with van der Waals surface area (Å²) in [7, 11) is -10.5. The Morgan fingerprint density at radius 3 is 2.46 bits per heavy atom. The fourth-order valence-electron chi connectivity index (χ4n) is 6.85. The van der Waals surface area contributed by atoms with Crippen molar-refractivity contribution < 1.29 is 80.9 Å². The van der Waals surface area contributed by atoms with Gasteiger partial charge in [-0.2, -0.15) is 0 Å². The van der Waals surface area contributed by atoms with Gasteiger partial charge in [0, 0.05) is 0 Å². The Kier molecular flexibility index (Phi) is 16.5. The van der Waals surface area contributed by atoms with Crippen LogP contribution in [0, 0.1) is 0 Å². The Bertz CT molecular complexity index is 2450. The van der Waals surface area contributed by atoms with Crippen LogP contribution >= 0.6 is 16.0 Å². The van der Waals surface area contributed by atoms with Crippen LogP contribution in [0.5, 0.6) is 0 Å². The molecule has 28 nitrogen and oxygen atoms in total. The zero-order chi connectivity index (χ0) is 48.7. The fraction of sp³-hybridized carbons (Fsp3) is 0.514. The summed E-state index contributed by atoms with van der Waals surface area (Å²) < 4.78 is 57.6. The average Bonchev–Trinajstić information content (AvgIpc) is 3.94. The number of aromatic nitrogens is 6. The summed E-state index contributed by atoms with van der Waals surface area (Å²) in [6.07, 6.45) is -9.06. The van der Waals surface area contributed by atoms with Crippen LogP contribution in [0.4, 0.5) is 21.2 Å². The number of phosphoric ester groups is 1. The van der Waals surface area contributed by atoms with Gasteiger partial charge in [0.2, 0.25) is 0 Å². The Balaban J connectivity index is 1.18. The first kappa shape index (κ1) is 50.9. The molecule has 2 saturated heterocycles. The number of hydrogen-bond donors (Lipinski definition) is 9. The van der Waals surface area contributed by atoms with Crippen LogP contribution in [0.2, 0.25) is 0 Å². The number of rotatable bonds is 19. The molecule has 1 aromatic carbocycles. The molecule has 0 radical (unpaired) electrons. The number of aliphatic hydroxyl groups excluding tert-OH is 1. The van der Waals surface area contributed by atoms with E-state index in [0.29, 0.717) is 0 Å². The summed E-state index contributed by atoms with van der Waals surface area (Å²) in [6.45, 7) is 3.09. The predicted octanol–water partition coefficient (Wildman–Crippen LogP) is 0.211. The van der Waals surface area contributed by atoms with Gasteiger partial charge in [0.1, 0.15) is 6.61 Å². The first-order chi connectivity index (χ1) is 31.6. The summed E-state index contributed by atoms with van der Waals surface area (Å²) in [5, 5.41) is 16.8. The third-order valence-electron chi connectivity index (χ3n) is 9.84. The number of phosphoric acid groups is 1. The molecular formula is C37H52N10O18P2. The molecule has 0 unspecified atom stereocenters. The second-order valence-electron chi connectivity index (χ2n) is 16.1. The van der Waals surface area contributed by atoms with Gasteiger partial charge in [0.15, 0.2) is 0 Å². The number of nitrogens with zero attached hydrogens (tertiary/aromatic N) is 6. The van der Waals surface area contributed by atoms with E-state index in [1.165, 1.54) is 23.2 Å². The van der Waals surface area contributed by atoms with E-state index in [9.17, 15) is 48.4 Å². The van der Waals surface area contributed by atoms with E-state index in [2.05, 4.69) is 35.1 Å². The van der Waals surface area contributed by atoms with Crippen LogP contribution < -0.4 is 27.8 Å². The normalized spacial score (nSPS) is 22.8. The van der Waals surface area contributed by atoms with E-state index < -0.39 is 108 Å². The van der Waals surface area contributed by atoms with E-state index in [-0.39, 0.29) is 55.2 Å². The number of nitrogens with one attached hydrogen (secondary N) is 2. The van der Waals surface area contributed by atoms with Crippen molar-refractivity contribution in [3.63, 3.8) is 0 Å². The molecule has 0 spiro atoms. The molecule has 5 heterocycles. The van der Waals surface area contributed by atoms with Gasteiger partial charge in [0.25, 0.3) is 0 Å². The number of esters is 1. The van der Waals surface area contributed by atoms with Gasteiger partial charge in [-0.3, -0.25) is 0 Å². The number of nitrogen functional groups attached to an aromatic ring is 2. The summed E-state index contributed by atoms with van der Waals surface area (Å²) >= 11 is 0. The van der Waals surface area contributed by atoms with E-state index in [1.54, 1.807) is 45.0 Å². The first-order valence-corrected chi connectivity index (χ1v) is 23.7. The van der Waals surface area contributed by atoms with Crippen molar-refractivity contribution in [2.45, 2.75) is 101 Å². The fourth-order valence-corrected chi connectivity index (χ4v) is 8.29. The molecule has 2 aliphatic rings. The van der Waals surface area contributed by atoms with Crippen molar-refractivity contribution in [2.75, 3.05) is 31.2 Å². The monoisotopic (exact) mass is 986 g/mol. The van der Waals surface area contributed by atoms with E-state index in [0.717, 1.165) is 16.5 Å². The number of imidazole rings is 1. The molecule has 11 N–H and O–H groups in total. The number of nitrogens with two attached hydrogens (primary N) is 2. The molecule has 2 amide bonds. The van der Waals surface area contributed by atoms with Crippen LogP contribution in [0.15, 0.2) is 60.0 Å². The number of amides is 2. The molecule has 67 heavy (non-hydrogen) atoms. The number of hydrogen-bond acceptors (Lipinski definition) is 22. The van der Waals surface area contributed by atoms with Crippen molar-refractivity contribution in [3.05, 3.63) is 71.3 Å². The molecule has 0 bridgehead atoms. The van der Waals surface area contributed by atoms with Crippen molar-refractivity contribution >= 4 is 56.9 Å². The molecule has 0 saturated carbocycles. The maximum absolute atomic E-state index is 14.0. The van der Waals surface area contributed by atoms with Crippen molar-refractivity contribution in [1.29, 1.82) is 0 Å². The van der Waals surface area contributed by atoms with Crippen LogP contribution in [0.3, 0.4) is 0 Å². The zero-order valence-corrected chi connectivity index (χ0v) is 38.0. The van der Waals surface area contributed by atoms with Gasteiger partial charge in [-0.1, -0.05) is 30.3 Å².